The van der Waals surface area contributed by atoms with Crippen LogP contribution in [-0.4, -0.2) is 59.5 Å². The van der Waals surface area contributed by atoms with Crippen LogP contribution in [0.15, 0.2) is 24.3 Å². The zero-order valence-electron chi connectivity index (χ0n) is 14.3. The van der Waals surface area contributed by atoms with Crippen molar-refractivity contribution in [2.45, 2.75) is 31.4 Å². The molecule has 2 heterocycles. The Balaban J connectivity index is 1.69. The molecule has 0 spiro atoms. The molecule has 8 nitrogen and oxygen atoms in total. The first-order valence-corrected chi connectivity index (χ1v) is 8.38. The Labute approximate surface area is 150 Å². The normalized spacial score (nSPS) is 25.4. The third-order valence-electron chi connectivity index (χ3n) is 4.89. The minimum absolute atomic E-state index is 0.173. The number of nitrogens with one attached hydrogen (secondary N) is 1. The SMILES string of the molecule is COC1CC(C(=O)O)N(C(=O)c2ccc(CC3CC(=O)NC3=O)cc2)C1. The summed E-state index contributed by atoms with van der Waals surface area (Å²) >= 11 is 0. The van der Waals surface area contributed by atoms with Crippen LogP contribution in [0.2, 0.25) is 0 Å². The Morgan fingerprint density at radius 3 is 2.50 bits per heavy atom. The van der Waals surface area contributed by atoms with E-state index in [4.69, 9.17) is 4.74 Å². The highest BCUT2D eigenvalue weighted by Gasteiger charge is 2.40. The predicted octanol–water partition coefficient (Wildman–Crippen LogP) is 0.206. The third-order valence-corrected chi connectivity index (χ3v) is 4.89. The van der Waals surface area contributed by atoms with Gasteiger partial charge in [0.05, 0.1) is 12.0 Å². The average Bonchev–Trinajstić information content (AvgIpc) is 3.18. The maximum Gasteiger partial charge on any atom is 0.326 e. The minimum Gasteiger partial charge on any atom is -0.480 e. The Bertz CT molecular complexity index is 745. The zero-order chi connectivity index (χ0) is 18.8. The molecule has 2 fully saturated rings. The molecule has 2 saturated heterocycles. The highest BCUT2D eigenvalue weighted by Crippen LogP contribution is 2.23. The lowest BCUT2D eigenvalue weighted by Crippen LogP contribution is -2.40. The van der Waals surface area contributed by atoms with Crippen molar-refractivity contribution >= 4 is 23.7 Å². The number of imide groups is 1. The Kier molecular flexibility index (Phi) is 5.03. The van der Waals surface area contributed by atoms with E-state index in [0.717, 1.165) is 5.56 Å². The number of nitrogens with zero attached hydrogens (tertiary/aromatic N) is 1. The van der Waals surface area contributed by atoms with Crippen LogP contribution in [0.25, 0.3) is 0 Å². The lowest BCUT2D eigenvalue weighted by Gasteiger charge is -2.21. The second-order valence-electron chi connectivity index (χ2n) is 6.62. The first-order valence-electron chi connectivity index (χ1n) is 8.38. The molecule has 3 rings (SSSR count). The second-order valence-corrected chi connectivity index (χ2v) is 6.62. The molecule has 0 aromatic heterocycles. The molecule has 0 radical (unpaired) electrons. The first-order chi connectivity index (χ1) is 12.4. The van der Waals surface area contributed by atoms with Gasteiger partial charge in [0.1, 0.15) is 6.04 Å². The number of likely N-dealkylation sites (tertiary alicyclic amines) is 1. The second kappa shape index (κ2) is 7.25. The molecule has 138 valence electrons. The average molecular weight is 360 g/mol. The molecular formula is C18H20N2O6. The zero-order valence-corrected chi connectivity index (χ0v) is 14.3. The lowest BCUT2D eigenvalue weighted by atomic mass is 9.97. The van der Waals surface area contributed by atoms with Gasteiger partial charge >= 0.3 is 5.97 Å². The molecule has 1 aromatic carbocycles. The Hall–Kier alpha value is -2.74. The number of carbonyl (C=O) groups is 4. The number of carboxylic acid groups (broad SMARTS) is 1. The van der Waals surface area contributed by atoms with Crippen molar-refractivity contribution in [3.8, 4) is 0 Å². The van der Waals surface area contributed by atoms with Crippen LogP contribution >= 0.6 is 0 Å². The van der Waals surface area contributed by atoms with Crippen LogP contribution in [0.3, 0.4) is 0 Å². The van der Waals surface area contributed by atoms with Crippen molar-refractivity contribution in [2.75, 3.05) is 13.7 Å². The largest absolute Gasteiger partial charge is 0.480 e. The minimum atomic E-state index is -1.05. The number of hydrogen-bond acceptors (Lipinski definition) is 5. The maximum atomic E-state index is 12.7. The van der Waals surface area contributed by atoms with Crippen LogP contribution in [0, 0.1) is 5.92 Å². The molecule has 3 atom stereocenters. The number of methoxy groups -OCH3 is 1. The number of rotatable bonds is 5. The van der Waals surface area contributed by atoms with Gasteiger partial charge in [-0.3, -0.25) is 19.7 Å². The molecule has 8 heteroatoms. The number of amides is 3. The number of aliphatic carboxylic acids is 1. The van der Waals surface area contributed by atoms with Crippen molar-refractivity contribution in [1.82, 2.24) is 10.2 Å². The van der Waals surface area contributed by atoms with Crippen molar-refractivity contribution in [3.05, 3.63) is 35.4 Å². The highest BCUT2D eigenvalue weighted by molar-refractivity contribution is 6.03. The summed E-state index contributed by atoms with van der Waals surface area (Å²) in [5.74, 6) is -2.35. The molecule has 0 saturated carbocycles. The molecule has 2 aliphatic rings. The predicted molar refractivity (Wildman–Crippen MR) is 89.3 cm³/mol. The smallest absolute Gasteiger partial charge is 0.326 e. The van der Waals surface area contributed by atoms with Crippen molar-refractivity contribution in [3.63, 3.8) is 0 Å². The van der Waals surface area contributed by atoms with Crippen LogP contribution < -0.4 is 5.32 Å². The topological polar surface area (TPSA) is 113 Å². The summed E-state index contributed by atoms with van der Waals surface area (Å²) in [4.78, 5) is 48.3. The maximum absolute atomic E-state index is 12.7. The summed E-state index contributed by atoms with van der Waals surface area (Å²) in [6.45, 7) is 0.235. The molecule has 26 heavy (non-hydrogen) atoms. The Morgan fingerprint density at radius 2 is 1.96 bits per heavy atom. The molecule has 1 aromatic rings. The summed E-state index contributed by atoms with van der Waals surface area (Å²) < 4.78 is 5.20. The van der Waals surface area contributed by atoms with Gasteiger partial charge in [-0.25, -0.2) is 4.79 Å². The molecule has 3 unspecified atom stereocenters. The van der Waals surface area contributed by atoms with Gasteiger partial charge in [-0.05, 0) is 24.1 Å². The summed E-state index contributed by atoms with van der Waals surface area (Å²) in [6.07, 6.45) is 0.559. The van der Waals surface area contributed by atoms with E-state index in [1.54, 1.807) is 24.3 Å². The van der Waals surface area contributed by atoms with Gasteiger partial charge in [0.2, 0.25) is 11.8 Å². The molecule has 2 aliphatic heterocycles. The number of benzene rings is 1. The molecule has 2 N–H and O–H groups in total. The fourth-order valence-electron chi connectivity index (χ4n) is 3.43. The quantitative estimate of drug-likeness (QED) is 0.726. The van der Waals surface area contributed by atoms with Gasteiger partial charge in [0.25, 0.3) is 5.91 Å². The summed E-state index contributed by atoms with van der Waals surface area (Å²) in [5.41, 5.74) is 1.21. The van der Waals surface area contributed by atoms with Crippen molar-refractivity contribution in [1.29, 1.82) is 0 Å². The van der Waals surface area contributed by atoms with E-state index in [2.05, 4.69) is 5.32 Å². The summed E-state index contributed by atoms with van der Waals surface area (Å²) in [5, 5.41) is 11.6. The standard InChI is InChI=1S/C18H20N2O6/c1-26-13-8-14(18(24)25)20(9-13)17(23)11-4-2-10(3-5-11)6-12-7-15(21)19-16(12)22/h2-5,12-14H,6-9H2,1H3,(H,24,25)(H,19,21,22). The van der Waals surface area contributed by atoms with E-state index in [1.807, 2.05) is 0 Å². The van der Waals surface area contributed by atoms with Crippen molar-refractivity contribution < 1.29 is 29.0 Å². The van der Waals surface area contributed by atoms with E-state index >= 15 is 0 Å². The highest BCUT2D eigenvalue weighted by atomic mass is 16.5. The van der Waals surface area contributed by atoms with Crippen LogP contribution in [-0.2, 0) is 25.5 Å². The number of carbonyl (C=O) groups excluding carboxylic acids is 3. The van der Waals surface area contributed by atoms with Crippen LogP contribution in [0.1, 0.15) is 28.8 Å². The fourth-order valence-corrected chi connectivity index (χ4v) is 3.43. The lowest BCUT2D eigenvalue weighted by molar-refractivity contribution is -0.141. The van der Waals surface area contributed by atoms with Gasteiger partial charge in [0, 0.05) is 32.1 Å². The first kappa shape index (κ1) is 18.1. The van der Waals surface area contributed by atoms with Crippen molar-refractivity contribution in [2.24, 2.45) is 5.92 Å². The van der Waals surface area contributed by atoms with Gasteiger partial charge in [0.15, 0.2) is 0 Å². The molecule has 3 amide bonds. The number of hydrogen-bond donors (Lipinski definition) is 2. The van der Waals surface area contributed by atoms with Crippen LogP contribution in [0.4, 0.5) is 0 Å². The van der Waals surface area contributed by atoms with Gasteiger partial charge in [-0.1, -0.05) is 12.1 Å². The van der Waals surface area contributed by atoms with Gasteiger partial charge in [-0.15, -0.1) is 0 Å². The van der Waals surface area contributed by atoms with E-state index in [-0.39, 0.29) is 49.1 Å². The van der Waals surface area contributed by atoms with Gasteiger partial charge < -0.3 is 14.7 Å². The summed E-state index contributed by atoms with van der Waals surface area (Å²) in [7, 11) is 1.50. The molecular weight excluding hydrogens is 340 g/mol. The number of ether oxygens (including phenoxy) is 1. The van der Waals surface area contributed by atoms with Gasteiger partial charge in [-0.2, -0.15) is 0 Å². The van der Waals surface area contributed by atoms with E-state index < -0.39 is 12.0 Å². The number of carboxylic acids is 1. The Morgan fingerprint density at radius 1 is 1.27 bits per heavy atom. The summed E-state index contributed by atoms with van der Waals surface area (Å²) in [6, 6.07) is 5.78. The third kappa shape index (κ3) is 3.60. The molecule has 0 bridgehead atoms. The van der Waals surface area contributed by atoms with E-state index in [9.17, 15) is 24.3 Å². The van der Waals surface area contributed by atoms with Crippen LogP contribution in [0.5, 0.6) is 0 Å². The monoisotopic (exact) mass is 360 g/mol. The van der Waals surface area contributed by atoms with E-state index in [0.29, 0.717) is 12.0 Å². The molecule has 0 aliphatic carbocycles. The fraction of sp³-hybridized carbons (Fsp3) is 0.444. The van der Waals surface area contributed by atoms with E-state index in [1.165, 1.54) is 12.0 Å².